The van der Waals surface area contributed by atoms with E-state index in [1.54, 1.807) is 31.4 Å². The first-order valence-electron chi connectivity index (χ1n) is 9.15. The summed E-state index contributed by atoms with van der Waals surface area (Å²) < 4.78 is 5.73. The second kappa shape index (κ2) is 9.73. The number of carbonyl (C=O) groups excluding carboxylic acids is 2. The van der Waals surface area contributed by atoms with E-state index in [1.165, 1.54) is 23.1 Å². The molecule has 0 unspecified atom stereocenters. The minimum absolute atomic E-state index is 0.118. The normalized spacial score (nSPS) is 10.5. The van der Waals surface area contributed by atoms with Crippen LogP contribution in [0.3, 0.4) is 0 Å². The Labute approximate surface area is 183 Å². The van der Waals surface area contributed by atoms with Gasteiger partial charge in [0, 0.05) is 11.3 Å². The smallest absolute Gasteiger partial charge is 0.257 e. The molecule has 0 aliphatic rings. The number of ether oxygens (including phenoxy) is 1. The SMILES string of the molecule is COc1cccc(C(=O)Nc2nnc(SCC(=O)Nc3c(C)cc(C)cc3C)s2)c1. The van der Waals surface area contributed by atoms with Gasteiger partial charge in [0.05, 0.1) is 12.9 Å². The molecule has 2 amide bonds. The number of hydrogen-bond acceptors (Lipinski definition) is 7. The van der Waals surface area contributed by atoms with E-state index in [1.807, 2.05) is 32.9 Å². The molecule has 30 heavy (non-hydrogen) atoms. The quantitative estimate of drug-likeness (QED) is 0.415. The van der Waals surface area contributed by atoms with Crippen LogP contribution in [-0.4, -0.2) is 34.9 Å². The lowest BCUT2D eigenvalue weighted by atomic mass is 10.1. The molecule has 0 saturated carbocycles. The first-order valence-corrected chi connectivity index (χ1v) is 11.0. The number of aromatic nitrogens is 2. The maximum Gasteiger partial charge on any atom is 0.257 e. The van der Waals surface area contributed by atoms with Crippen molar-refractivity contribution in [1.29, 1.82) is 0 Å². The molecule has 2 N–H and O–H groups in total. The number of benzene rings is 2. The molecular weight excluding hydrogens is 420 g/mol. The Balaban J connectivity index is 1.55. The van der Waals surface area contributed by atoms with Crippen LogP contribution in [0.1, 0.15) is 27.0 Å². The minimum atomic E-state index is -0.301. The van der Waals surface area contributed by atoms with Gasteiger partial charge in [0.25, 0.3) is 5.91 Å². The molecule has 0 saturated heterocycles. The number of nitrogens with one attached hydrogen (secondary N) is 2. The highest BCUT2D eigenvalue weighted by Crippen LogP contribution is 2.27. The number of rotatable bonds is 7. The zero-order valence-electron chi connectivity index (χ0n) is 17.1. The molecule has 0 fully saturated rings. The molecule has 156 valence electrons. The van der Waals surface area contributed by atoms with Crippen molar-refractivity contribution in [2.75, 3.05) is 23.5 Å². The van der Waals surface area contributed by atoms with Crippen LogP contribution in [0.15, 0.2) is 40.7 Å². The van der Waals surface area contributed by atoms with E-state index in [0.717, 1.165) is 22.4 Å². The van der Waals surface area contributed by atoms with Crippen LogP contribution in [0.25, 0.3) is 0 Å². The van der Waals surface area contributed by atoms with Crippen LogP contribution in [0.4, 0.5) is 10.8 Å². The van der Waals surface area contributed by atoms with Crippen molar-refractivity contribution in [3.05, 3.63) is 58.7 Å². The van der Waals surface area contributed by atoms with Crippen LogP contribution in [-0.2, 0) is 4.79 Å². The van der Waals surface area contributed by atoms with Gasteiger partial charge in [0.15, 0.2) is 4.34 Å². The molecule has 3 rings (SSSR count). The fourth-order valence-electron chi connectivity index (χ4n) is 2.93. The number of methoxy groups -OCH3 is 1. The van der Waals surface area contributed by atoms with Gasteiger partial charge in [-0.25, -0.2) is 0 Å². The third-order valence-electron chi connectivity index (χ3n) is 4.23. The highest BCUT2D eigenvalue weighted by molar-refractivity contribution is 8.01. The van der Waals surface area contributed by atoms with E-state index in [4.69, 9.17) is 4.74 Å². The van der Waals surface area contributed by atoms with Crippen molar-refractivity contribution in [3.63, 3.8) is 0 Å². The zero-order chi connectivity index (χ0) is 21.7. The molecular formula is C21H22N4O3S2. The van der Waals surface area contributed by atoms with Crippen molar-refractivity contribution in [3.8, 4) is 5.75 Å². The molecule has 0 radical (unpaired) electrons. The summed E-state index contributed by atoms with van der Waals surface area (Å²) in [5.41, 5.74) is 4.53. The topological polar surface area (TPSA) is 93.2 Å². The number of aryl methyl sites for hydroxylation is 3. The summed E-state index contributed by atoms with van der Waals surface area (Å²) >= 11 is 2.49. The molecule has 0 atom stereocenters. The Hall–Kier alpha value is -2.91. The molecule has 3 aromatic rings. The van der Waals surface area contributed by atoms with Crippen molar-refractivity contribution in [2.24, 2.45) is 0 Å². The average molecular weight is 443 g/mol. The van der Waals surface area contributed by atoms with Crippen LogP contribution in [0, 0.1) is 20.8 Å². The van der Waals surface area contributed by atoms with Crippen LogP contribution in [0.2, 0.25) is 0 Å². The average Bonchev–Trinajstić information content (AvgIpc) is 3.16. The zero-order valence-corrected chi connectivity index (χ0v) is 18.7. The van der Waals surface area contributed by atoms with E-state index in [2.05, 4.69) is 20.8 Å². The van der Waals surface area contributed by atoms with Gasteiger partial charge < -0.3 is 10.1 Å². The Morgan fingerprint density at radius 3 is 2.50 bits per heavy atom. The summed E-state index contributed by atoms with van der Waals surface area (Å²) in [4.78, 5) is 24.7. The maximum absolute atomic E-state index is 12.3. The van der Waals surface area contributed by atoms with Crippen molar-refractivity contribution < 1.29 is 14.3 Å². The van der Waals surface area contributed by atoms with Crippen LogP contribution >= 0.6 is 23.1 Å². The van der Waals surface area contributed by atoms with Crippen molar-refractivity contribution in [1.82, 2.24) is 10.2 Å². The van der Waals surface area contributed by atoms with Gasteiger partial charge in [-0.1, -0.05) is 46.9 Å². The van der Waals surface area contributed by atoms with E-state index in [0.29, 0.717) is 20.8 Å². The Bertz CT molecular complexity index is 1060. The summed E-state index contributed by atoms with van der Waals surface area (Å²) in [6, 6.07) is 10.9. The van der Waals surface area contributed by atoms with Gasteiger partial charge in [-0.05, 0) is 50.1 Å². The molecule has 0 aliphatic carbocycles. The summed E-state index contributed by atoms with van der Waals surface area (Å²) in [6.45, 7) is 5.98. The number of hydrogen-bond donors (Lipinski definition) is 2. The molecule has 7 nitrogen and oxygen atoms in total. The maximum atomic E-state index is 12.3. The predicted molar refractivity (Wildman–Crippen MR) is 121 cm³/mol. The van der Waals surface area contributed by atoms with Gasteiger partial charge in [-0.3, -0.25) is 14.9 Å². The summed E-state index contributed by atoms with van der Waals surface area (Å²) in [5, 5.41) is 14.1. The summed E-state index contributed by atoms with van der Waals surface area (Å²) in [5.74, 6) is 0.378. The molecule has 2 aromatic carbocycles. The third kappa shape index (κ3) is 5.58. The summed E-state index contributed by atoms with van der Waals surface area (Å²) in [6.07, 6.45) is 0. The van der Waals surface area contributed by atoms with E-state index >= 15 is 0 Å². The van der Waals surface area contributed by atoms with Gasteiger partial charge in [-0.2, -0.15) is 0 Å². The van der Waals surface area contributed by atoms with E-state index < -0.39 is 0 Å². The summed E-state index contributed by atoms with van der Waals surface area (Å²) in [7, 11) is 1.54. The van der Waals surface area contributed by atoms with Crippen LogP contribution in [0.5, 0.6) is 5.75 Å². The van der Waals surface area contributed by atoms with Crippen molar-refractivity contribution >= 4 is 45.7 Å². The van der Waals surface area contributed by atoms with Gasteiger partial charge in [-0.15, -0.1) is 10.2 Å². The van der Waals surface area contributed by atoms with E-state index in [-0.39, 0.29) is 17.6 Å². The lowest BCUT2D eigenvalue weighted by Crippen LogP contribution is -2.15. The van der Waals surface area contributed by atoms with Crippen LogP contribution < -0.4 is 15.4 Å². The lowest BCUT2D eigenvalue weighted by Gasteiger charge is -2.12. The molecule has 0 spiro atoms. The number of thioether (sulfide) groups is 1. The second-order valence-corrected chi connectivity index (χ2v) is 8.87. The minimum Gasteiger partial charge on any atom is -0.497 e. The number of amides is 2. The standard InChI is InChI=1S/C21H22N4O3S2/c1-12-8-13(2)18(14(3)9-12)22-17(26)11-29-21-25-24-20(30-21)23-19(27)15-6-5-7-16(10-15)28-4/h5-10H,11H2,1-4H3,(H,22,26)(H,23,24,27). The largest absolute Gasteiger partial charge is 0.497 e. The monoisotopic (exact) mass is 442 g/mol. The van der Waals surface area contributed by atoms with Gasteiger partial charge in [0.1, 0.15) is 5.75 Å². The van der Waals surface area contributed by atoms with Crippen molar-refractivity contribution in [2.45, 2.75) is 25.1 Å². The number of carbonyl (C=O) groups is 2. The molecule has 9 heteroatoms. The molecule has 1 aromatic heterocycles. The Morgan fingerprint density at radius 1 is 1.07 bits per heavy atom. The van der Waals surface area contributed by atoms with E-state index in [9.17, 15) is 9.59 Å². The first-order chi connectivity index (χ1) is 14.4. The second-order valence-electron chi connectivity index (χ2n) is 6.67. The highest BCUT2D eigenvalue weighted by Gasteiger charge is 2.13. The van der Waals surface area contributed by atoms with Gasteiger partial charge in [0.2, 0.25) is 11.0 Å². The van der Waals surface area contributed by atoms with Gasteiger partial charge >= 0.3 is 0 Å². The molecule has 1 heterocycles. The highest BCUT2D eigenvalue weighted by atomic mass is 32.2. The first kappa shape index (κ1) is 21.8. The Morgan fingerprint density at radius 2 is 1.80 bits per heavy atom. The fourth-order valence-corrected chi connectivity index (χ4v) is 4.48. The predicted octanol–water partition coefficient (Wildman–Crippen LogP) is 4.46. The Kier molecular flexibility index (Phi) is 7.07. The lowest BCUT2D eigenvalue weighted by molar-refractivity contribution is -0.113. The fraction of sp³-hybridized carbons (Fsp3) is 0.238. The number of anilines is 2. The number of nitrogens with zero attached hydrogens (tertiary/aromatic N) is 2. The third-order valence-corrected chi connectivity index (χ3v) is 6.20. The molecule has 0 bridgehead atoms. The molecule has 0 aliphatic heterocycles.